The molecule has 4 nitrogen and oxygen atoms in total. The van der Waals surface area contributed by atoms with Crippen LogP contribution in [0.5, 0.6) is 0 Å². The molecule has 0 amide bonds. The summed E-state index contributed by atoms with van der Waals surface area (Å²) in [4.78, 5) is 8.03. The van der Waals surface area contributed by atoms with Crippen LogP contribution in [-0.4, -0.2) is 10.5 Å². The van der Waals surface area contributed by atoms with E-state index >= 15 is 0 Å². The van der Waals surface area contributed by atoms with E-state index in [0.29, 0.717) is 0 Å². The predicted octanol–water partition coefficient (Wildman–Crippen LogP) is 1.97. The van der Waals surface area contributed by atoms with Crippen molar-refractivity contribution in [3.05, 3.63) is 34.9 Å². The molecule has 0 spiro atoms. The quantitative estimate of drug-likeness (QED) is 0.554. The second-order valence-corrected chi connectivity index (χ2v) is 2.87. The van der Waals surface area contributed by atoms with E-state index in [1.807, 2.05) is 19.1 Å². The van der Waals surface area contributed by atoms with Crippen LogP contribution in [0.15, 0.2) is 18.2 Å². The lowest BCUT2D eigenvalue weighted by molar-refractivity contribution is -0.254. The first-order chi connectivity index (χ1) is 6.26. The average molecular weight is 184 g/mol. The van der Waals surface area contributed by atoms with Gasteiger partial charge in [-0.05, 0) is 18.1 Å². The SMILES string of the molecule is Cc1cc(COO)cc(COO)c1. The lowest BCUT2D eigenvalue weighted by atomic mass is 10.1. The van der Waals surface area contributed by atoms with Gasteiger partial charge in [0.05, 0.1) is 0 Å². The third-order valence-electron chi connectivity index (χ3n) is 1.66. The highest BCUT2D eigenvalue weighted by atomic mass is 17.1. The van der Waals surface area contributed by atoms with Gasteiger partial charge in [0, 0.05) is 0 Å². The van der Waals surface area contributed by atoms with Crippen LogP contribution in [0.3, 0.4) is 0 Å². The van der Waals surface area contributed by atoms with Crippen LogP contribution in [0.2, 0.25) is 0 Å². The molecule has 0 aliphatic rings. The smallest absolute Gasteiger partial charge is 0.107 e. The number of aryl methyl sites for hydroxylation is 1. The number of hydrogen-bond donors (Lipinski definition) is 2. The van der Waals surface area contributed by atoms with Gasteiger partial charge in [0.15, 0.2) is 0 Å². The van der Waals surface area contributed by atoms with Crippen LogP contribution in [0.25, 0.3) is 0 Å². The molecule has 0 saturated heterocycles. The van der Waals surface area contributed by atoms with Crippen LogP contribution < -0.4 is 0 Å². The van der Waals surface area contributed by atoms with Crippen molar-refractivity contribution >= 4 is 0 Å². The normalized spacial score (nSPS) is 10.4. The first kappa shape index (κ1) is 10.1. The molecule has 0 aliphatic heterocycles. The minimum absolute atomic E-state index is 0.139. The van der Waals surface area contributed by atoms with Crippen molar-refractivity contribution in [2.75, 3.05) is 0 Å². The van der Waals surface area contributed by atoms with Gasteiger partial charge in [-0.3, -0.25) is 10.5 Å². The van der Waals surface area contributed by atoms with Gasteiger partial charge in [0.25, 0.3) is 0 Å². The summed E-state index contributed by atoms with van der Waals surface area (Å²) in [6.07, 6.45) is 0. The van der Waals surface area contributed by atoms with E-state index in [-0.39, 0.29) is 13.2 Å². The van der Waals surface area contributed by atoms with Crippen molar-refractivity contribution in [2.45, 2.75) is 20.1 Å². The highest BCUT2D eigenvalue weighted by molar-refractivity contribution is 5.28. The molecule has 0 aliphatic carbocycles. The van der Waals surface area contributed by atoms with E-state index in [4.69, 9.17) is 10.5 Å². The maximum atomic E-state index is 8.25. The fourth-order valence-electron chi connectivity index (χ4n) is 1.26. The Kier molecular flexibility index (Phi) is 3.85. The van der Waals surface area contributed by atoms with Crippen molar-refractivity contribution in [2.24, 2.45) is 0 Å². The van der Waals surface area contributed by atoms with E-state index < -0.39 is 0 Å². The van der Waals surface area contributed by atoms with Crippen LogP contribution in [-0.2, 0) is 23.0 Å². The van der Waals surface area contributed by atoms with Gasteiger partial charge in [-0.1, -0.05) is 23.8 Å². The van der Waals surface area contributed by atoms with Gasteiger partial charge in [-0.15, -0.1) is 0 Å². The Bertz CT molecular complexity index is 248. The molecule has 4 heteroatoms. The fourth-order valence-corrected chi connectivity index (χ4v) is 1.26. The number of hydrogen-bond acceptors (Lipinski definition) is 4. The summed E-state index contributed by atoms with van der Waals surface area (Å²) >= 11 is 0. The van der Waals surface area contributed by atoms with Crippen molar-refractivity contribution in [3.8, 4) is 0 Å². The molecule has 0 heterocycles. The summed E-state index contributed by atoms with van der Waals surface area (Å²) in [7, 11) is 0. The highest BCUT2D eigenvalue weighted by Crippen LogP contribution is 2.11. The lowest BCUT2D eigenvalue weighted by Crippen LogP contribution is -1.94. The maximum absolute atomic E-state index is 8.25. The van der Waals surface area contributed by atoms with Gasteiger partial charge in [0.2, 0.25) is 0 Å². The molecule has 0 bridgehead atoms. The third-order valence-corrected chi connectivity index (χ3v) is 1.66. The molecule has 1 aromatic rings. The van der Waals surface area contributed by atoms with Crippen LogP contribution in [0.1, 0.15) is 16.7 Å². The molecule has 72 valence electrons. The molecule has 0 fully saturated rings. The molecular formula is C9H12O4. The Morgan fingerprint density at radius 2 is 1.46 bits per heavy atom. The third kappa shape index (κ3) is 3.12. The zero-order valence-electron chi connectivity index (χ0n) is 7.36. The van der Waals surface area contributed by atoms with Crippen molar-refractivity contribution in [1.82, 2.24) is 0 Å². The molecular weight excluding hydrogens is 172 g/mol. The minimum Gasteiger partial charge on any atom is -0.251 e. The maximum Gasteiger partial charge on any atom is 0.107 e. The van der Waals surface area contributed by atoms with Crippen LogP contribution in [0.4, 0.5) is 0 Å². The minimum atomic E-state index is 0.139. The zero-order valence-corrected chi connectivity index (χ0v) is 7.36. The van der Waals surface area contributed by atoms with Gasteiger partial charge < -0.3 is 0 Å². The Hall–Kier alpha value is -0.940. The van der Waals surface area contributed by atoms with Gasteiger partial charge in [-0.2, -0.15) is 0 Å². The van der Waals surface area contributed by atoms with Crippen molar-refractivity contribution in [1.29, 1.82) is 0 Å². The second kappa shape index (κ2) is 4.94. The van der Waals surface area contributed by atoms with E-state index in [1.54, 1.807) is 6.07 Å². The Labute approximate surface area is 76.2 Å². The summed E-state index contributed by atoms with van der Waals surface area (Å²) in [5.41, 5.74) is 2.71. The Balaban J connectivity index is 2.83. The molecule has 2 N–H and O–H groups in total. The van der Waals surface area contributed by atoms with Gasteiger partial charge in [0.1, 0.15) is 13.2 Å². The number of rotatable bonds is 4. The van der Waals surface area contributed by atoms with E-state index in [9.17, 15) is 0 Å². The average Bonchev–Trinajstić information content (AvgIpc) is 2.04. The second-order valence-electron chi connectivity index (χ2n) is 2.87. The molecule has 0 atom stereocenters. The van der Waals surface area contributed by atoms with Crippen LogP contribution in [0, 0.1) is 6.92 Å². The molecule has 1 rings (SSSR count). The summed E-state index contributed by atoms with van der Waals surface area (Å²) in [5.74, 6) is 0. The Morgan fingerprint density at radius 1 is 1.00 bits per heavy atom. The fraction of sp³-hybridized carbons (Fsp3) is 0.333. The van der Waals surface area contributed by atoms with E-state index in [2.05, 4.69) is 9.78 Å². The van der Waals surface area contributed by atoms with Crippen LogP contribution >= 0.6 is 0 Å². The predicted molar refractivity (Wildman–Crippen MR) is 46.0 cm³/mol. The van der Waals surface area contributed by atoms with Crippen molar-refractivity contribution in [3.63, 3.8) is 0 Å². The van der Waals surface area contributed by atoms with Gasteiger partial charge >= 0.3 is 0 Å². The topological polar surface area (TPSA) is 58.9 Å². The molecule has 0 aromatic heterocycles. The Morgan fingerprint density at radius 3 is 1.85 bits per heavy atom. The molecule has 0 radical (unpaired) electrons. The standard InChI is InChI=1S/C9H12O4/c1-7-2-8(5-12-10)4-9(3-7)6-13-11/h2-4,10-11H,5-6H2,1H3. The lowest BCUT2D eigenvalue weighted by Gasteiger charge is -2.04. The van der Waals surface area contributed by atoms with Gasteiger partial charge in [-0.25, -0.2) is 9.78 Å². The molecule has 0 unspecified atom stereocenters. The molecule has 13 heavy (non-hydrogen) atoms. The zero-order chi connectivity index (χ0) is 9.68. The summed E-state index contributed by atoms with van der Waals surface area (Å²) in [6.45, 7) is 2.20. The van der Waals surface area contributed by atoms with Crippen molar-refractivity contribution < 1.29 is 20.3 Å². The monoisotopic (exact) mass is 184 g/mol. The highest BCUT2D eigenvalue weighted by Gasteiger charge is 1.99. The number of benzene rings is 1. The first-order valence-electron chi connectivity index (χ1n) is 3.88. The summed E-state index contributed by atoms with van der Waals surface area (Å²) in [6, 6.07) is 5.56. The van der Waals surface area contributed by atoms with E-state index in [1.165, 1.54) is 0 Å². The summed E-state index contributed by atoms with van der Waals surface area (Å²) in [5, 5.41) is 16.5. The summed E-state index contributed by atoms with van der Waals surface area (Å²) < 4.78 is 0. The largest absolute Gasteiger partial charge is 0.251 e. The molecule has 0 saturated carbocycles. The molecule has 1 aromatic carbocycles. The first-order valence-corrected chi connectivity index (χ1v) is 3.88. The van der Waals surface area contributed by atoms with E-state index in [0.717, 1.165) is 16.7 Å².